The van der Waals surface area contributed by atoms with Crippen LogP contribution >= 0.6 is 0 Å². The van der Waals surface area contributed by atoms with E-state index < -0.39 is 10.1 Å². The molecule has 0 saturated carbocycles. The summed E-state index contributed by atoms with van der Waals surface area (Å²) < 4.78 is 36.6. The van der Waals surface area contributed by atoms with Crippen molar-refractivity contribution >= 4 is 21.0 Å². The second-order valence-electron chi connectivity index (χ2n) is 5.12. The number of ether oxygens (including phenoxy) is 1. The van der Waals surface area contributed by atoms with Crippen LogP contribution in [0.4, 0.5) is 0 Å². The quantitative estimate of drug-likeness (QED) is 0.842. The number of nitrogens with one attached hydrogen (secondary N) is 1. The number of hydrogen-bond donors (Lipinski definition) is 2. The van der Waals surface area contributed by atoms with Crippen molar-refractivity contribution in [1.82, 2.24) is 10.2 Å². The van der Waals surface area contributed by atoms with Crippen molar-refractivity contribution in [2.24, 2.45) is 5.92 Å². The van der Waals surface area contributed by atoms with Crippen LogP contribution in [0.2, 0.25) is 0 Å². The Balaban J connectivity index is 1.89. The molecule has 1 aliphatic rings. The molecule has 0 amide bonds. The maximum atomic E-state index is 11.1. The van der Waals surface area contributed by atoms with Gasteiger partial charge in [-0.2, -0.15) is 13.5 Å². The first kappa shape index (κ1) is 13.5. The van der Waals surface area contributed by atoms with Gasteiger partial charge in [0, 0.05) is 24.3 Å². The fourth-order valence-corrected chi connectivity index (χ4v) is 3.10. The van der Waals surface area contributed by atoms with Crippen LogP contribution in [-0.4, -0.2) is 36.4 Å². The SMILES string of the molecule is O=S(=O)(O)c1ccc2c(CC3CCOCC3)[nH]nc2c1. The Morgan fingerprint density at radius 3 is 2.80 bits per heavy atom. The highest BCUT2D eigenvalue weighted by Crippen LogP contribution is 2.25. The van der Waals surface area contributed by atoms with E-state index in [1.807, 2.05) is 0 Å². The first-order valence-electron chi connectivity index (χ1n) is 6.56. The molecule has 2 aromatic rings. The second kappa shape index (κ2) is 5.16. The Kier molecular flexibility index (Phi) is 3.49. The van der Waals surface area contributed by atoms with Crippen molar-refractivity contribution < 1.29 is 17.7 Å². The van der Waals surface area contributed by atoms with Gasteiger partial charge < -0.3 is 4.74 Å². The van der Waals surface area contributed by atoms with Crippen molar-refractivity contribution in [3.05, 3.63) is 23.9 Å². The van der Waals surface area contributed by atoms with Gasteiger partial charge in [0.1, 0.15) is 0 Å². The molecule has 0 spiro atoms. The summed E-state index contributed by atoms with van der Waals surface area (Å²) in [5.41, 5.74) is 1.57. The van der Waals surface area contributed by atoms with Crippen LogP contribution in [0.1, 0.15) is 18.5 Å². The molecule has 1 aromatic carbocycles. The highest BCUT2D eigenvalue weighted by Gasteiger charge is 2.18. The van der Waals surface area contributed by atoms with Gasteiger partial charge in [0.25, 0.3) is 10.1 Å². The van der Waals surface area contributed by atoms with Crippen molar-refractivity contribution in [3.63, 3.8) is 0 Å². The van der Waals surface area contributed by atoms with Crippen LogP contribution in [0.5, 0.6) is 0 Å². The molecule has 2 heterocycles. The number of H-pyrrole nitrogens is 1. The maximum absolute atomic E-state index is 11.1. The lowest BCUT2D eigenvalue weighted by atomic mass is 9.94. The Morgan fingerprint density at radius 1 is 1.35 bits per heavy atom. The smallest absolute Gasteiger partial charge is 0.294 e. The molecule has 6 nitrogen and oxygen atoms in total. The molecule has 108 valence electrons. The number of hydrogen-bond acceptors (Lipinski definition) is 4. The van der Waals surface area contributed by atoms with Gasteiger partial charge in [0.2, 0.25) is 0 Å². The first-order valence-corrected chi connectivity index (χ1v) is 8.00. The Morgan fingerprint density at radius 2 is 2.10 bits per heavy atom. The zero-order valence-electron chi connectivity index (χ0n) is 10.9. The van der Waals surface area contributed by atoms with E-state index in [0.717, 1.165) is 43.6 Å². The summed E-state index contributed by atoms with van der Waals surface area (Å²) in [5.74, 6) is 0.564. The lowest BCUT2D eigenvalue weighted by Gasteiger charge is -2.21. The minimum atomic E-state index is -4.18. The van der Waals surface area contributed by atoms with Gasteiger partial charge in [-0.15, -0.1) is 0 Å². The van der Waals surface area contributed by atoms with E-state index >= 15 is 0 Å². The number of aromatic nitrogens is 2. The van der Waals surface area contributed by atoms with Crippen LogP contribution in [0, 0.1) is 5.92 Å². The molecule has 7 heteroatoms. The lowest BCUT2D eigenvalue weighted by Crippen LogP contribution is -2.17. The third-order valence-electron chi connectivity index (χ3n) is 3.74. The van der Waals surface area contributed by atoms with E-state index in [2.05, 4.69) is 10.2 Å². The van der Waals surface area contributed by atoms with Crippen molar-refractivity contribution in [3.8, 4) is 0 Å². The van der Waals surface area contributed by atoms with Crippen molar-refractivity contribution in [1.29, 1.82) is 0 Å². The average molecular weight is 296 g/mol. The summed E-state index contributed by atoms with van der Waals surface area (Å²) >= 11 is 0. The number of fused-ring (bicyclic) bond motifs is 1. The first-order chi connectivity index (χ1) is 9.54. The predicted octanol–water partition coefficient (Wildman–Crippen LogP) is 1.78. The van der Waals surface area contributed by atoms with Gasteiger partial charge in [-0.05, 0) is 43.4 Å². The van der Waals surface area contributed by atoms with Crippen LogP contribution in [0.15, 0.2) is 23.1 Å². The largest absolute Gasteiger partial charge is 0.381 e. The number of aromatic amines is 1. The van der Waals surface area contributed by atoms with E-state index in [1.54, 1.807) is 6.07 Å². The molecule has 1 saturated heterocycles. The highest BCUT2D eigenvalue weighted by atomic mass is 32.2. The third-order valence-corrected chi connectivity index (χ3v) is 4.59. The minimum Gasteiger partial charge on any atom is -0.381 e. The Labute approximate surface area is 116 Å². The summed E-state index contributed by atoms with van der Waals surface area (Å²) in [6.45, 7) is 1.59. The summed E-state index contributed by atoms with van der Waals surface area (Å²) in [7, 11) is -4.18. The summed E-state index contributed by atoms with van der Waals surface area (Å²) in [5, 5.41) is 8.01. The van der Waals surface area contributed by atoms with E-state index in [9.17, 15) is 8.42 Å². The van der Waals surface area contributed by atoms with Crippen LogP contribution in [0.25, 0.3) is 10.9 Å². The van der Waals surface area contributed by atoms with Crippen LogP contribution in [0.3, 0.4) is 0 Å². The van der Waals surface area contributed by atoms with Gasteiger partial charge in [-0.25, -0.2) is 0 Å². The van der Waals surface area contributed by atoms with Crippen LogP contribution in [-0.2, 0) is 21.3 Å². The molecule has 0 unspecified atom stereocenters. The predicted molar refractivity (Wildman–Crippen MR) is 73.2 cm³/mol. The fourth-order valence-electron chi connectivity index (χ4n) is 2.60. The molecule has 20 heavy (non-hydrogen) atoms. The van der Waals surface area contributed by atoms with Gasteiger partial charge in [0.05, 0.1) is 10.4 Å². The Hall–Kier alpha value is -1.44. The monoisotopic (exact) mass is 296 g/mol. The second-order valence-corrected chi connectivity index (χ2v) is 6.54. The third kappa shape index (κ3) is 2.70. The normalized spacial score (nSPS) is 17.6. The minimum absolute atomic E-state index is 0.130. The van der Waals surface area contributed by atoms with E-state index in [1.165, 1.54) is 12.1 Å². The summed E-state index contributed by atoms with van der Waals surface area (Å²) in [6, 6.07) is 4.48. The molecule has 1 aliphatic heterocycles. The molecule has 1 fully saturated rings. The van der Waals surface area contributed by atoms with Gasteiger partial charge in [0.15, 0.2) is 0 Å². The Bertz CT molecular complexity index is 717. The van der Waals surface area contributed by atoms with Crippen molar-refractivity contribution in [2.45, 2.75) is 24.2 Å². The number of nitrogens with zero attached hydrogens (tertiary/aromatic N) is 1. The molecule has 0 atom stereocenters. The van der Waals surface area contributed by atoms with Gasteiger partial charge >= 0.3 is 0 Å². The fraction of sp³-hybridized carbons (Fsp3) is 0.462. The number of benzene rings is 1. The van der Waals surface area contributed by atoms with Gasteiger partial charge in [-0.1, -0.05) is 0 Å². The van der Waals surface area contributed by atoms with Crippen molar-refractivity contribution in [2.75, 3.05) is 13.2 Å². The molecule has 0 radical (unpaired) electrons. The summed E-state index contributed by atoms with van der Waals surface area (Å²) in [6.07, 6.45) is 2.94. The lowest BCUT2D eigenvalue weighted by molar-refractivity contribution is 0.0663. The molecular weight excluding hydrogens is 280 g/mol. The van der Waals surface area contributed by atoms with Gasteiger partial charge in [-0.3, -0.25) is 9.65 Å². The molecule has 3 rings (SSSR count). The molecule has 0 aliphatic carbocycles. The average Bonchev–Trinajstić information content (AvgIpc) is 2.81. The summed E-state index contributed by atoms with van der Waals surface area (Å²) in [4.78, 5) is -0.130. The molecule has 1 aromatic heterocycles. The van der Waals surface area contributed by atoms with Crippen LogP contribution < -0.4 is 0 Å². The highest BCUT2D eigenvalue weighted by molar-refractivity contribution is 7.85. The number of rotatable bonds is 3. The topological polar surface area (TPSA) is 92.3 Å². The zero-order chi connectivity index (χ0) is 14.2. The molecular formula is C13H16N2O4S. The van der Waals surface area contributed by atoms with E-state index in [-0.39, 0.29) is 4.90 Å². The van der Waals surface area contributed by atoms with E-state index in [0.29, 0.717) is 11.4 Å². The van der Waals surface area contributed by atoms with E-state index in [4.69, 9.17) is 9.29 Å². The maximum Gasteiger partial charge on any atom is 0.294 e. The molecule has 0 bridgehead atoms. The molecule has 2 N–H and O–H groups in total. The standard InChI is InChI=1S/C13H16N2O4S/c16-20(17,18)10-1-2-11-12(14-15-13(11)8-10)7-9-3-5-19-6-4-9/h1-2,8-9H,3-7H2,(H,14,15)(H,16,17,18). The zero-order valence-corrected chi connectivity index (χ0v) is 11.7.